The molecule has 1 unspecified atom stereocenters. The van der Waals surface area contributed by atoms with Gasteiger partial charge in [0.15, 0.2) is 12.0 Å². The van der Waals surface area contributed by atoms with Gasteiger partial charge in [-0.25, -0.2) is 4.39 Å². The van der Waals surface area contributed by atoms with Gasteiger partial charge in [0, 0.05) is 6.42 Å². The quantitative estimate of drug-likeness (QED) is 0.425. The molecule has 0 saturated heterocycles. The lowest BCUT2D eigenvalue weighted by Crippen LogP contribution is -2.26. The van der Waals surface area contributed by atoms with Crippen molar-refractivity contribution in [3.63, 3.8) is 0 Å². The predicted molar refractivity (Wildman–Crippen MR) is 19.1 cm³/mol. The van der Waals surface area contributed by atoms with Crippen LogP contribution in [-0.4, -0.2) is 12.0 Å². The Bertz CT molecular complexity index is 79.6. The lowest BCUT2D eigenvalue weighted by atomic mass is 9.96. The van der Waals surface area contributed by atoms with Gasteiger partial charge < -0.3 is 0 Å². The van der Waals surface area contributed by atoms with Gasteiger partial charge in [-0.2, -0.15) is 0 Å². The number of ketones is 1. The molecule has 34 valence electrons. The molecular formula is C4H5FO. The van der Waals surface area contributed by atoms with E-state index in [-0.39, 0.29) is 5.78 Å². The highest BCUT2D eigenvalue weighted by molar-refractivity contribution is 5.88. The van der Waals surface area contributed by atoms with Crippen molar-refractivity contribution in [2.75, 3.05) is 0 Å². The van der Waals surface area contributed by atoms with Gasteiger partial charge in [-0.05, 0) is 6.42 Å². The molecule has 0 aromatic heterocycles. The number of Topliss-reactive ketones (excluding diaryl/α,β-unsaturated/α-hetero) is 1. The Morgan fingerprint density at radius 2 is 2.33 bits per heavy atom. The van der Waals surface area contributed by atoms with Crippen LogP contribution in [0.4, 0.5) is 4.39 Å². The molecule has 6 heavy (non-hydrogen) atoms. The Balaban J connectivity index is 2.39. The van der Waals surface area contributed by atoms with Crippen LogP contribution in [0, 0.1) is 0 Å². The largest absolute Gasteiger partial charge is 0.296 e. The molecule has 0 bridgehead atoms. The van der Waals surface area contributed by atoms with E-state index >= 15 is 0 Å². The second kappa shape index (κ2) is 1.03. The van der Waals surface area contributed by atoms with Gasteiger partial charge in [0.1, 0.15) is 0 Å². The lowest BCUT2D eigenvalue weighted by Gasteiger charge is -2.13. The molecule has 1 saturated carbocycles. The monoisotopic (exact) mass is 88.0 g/mol. The van der Waals surface area contributed by atoms with Crippen LogP contribution in [0.5, 0.6) is 0 Å². The van der Waals surface area contributed by atoms with Crippen LogP contribution >= 0.6 is 0 Å². The standard InChI is InChI=1S/C4H5FO/c5-3-1-2-4(3)6/h3H,1-2H2. The van der Waals surface area contributed by atoms with Gasteiger partial charge in [-0.15, -0.1) is 0 Å². The molecule has 1 fully saturated rings. The highest BCUT2D eigenvalue weighted by atomic mass is 19.1. The minimum absolute atomic E-state index is 0.227. The first-order valence-electron chi connectivity index (χ1n) is 1.97. The molecule has 0 N–H and O–H groups in total. The fraction of sp³-hybridized carbons (Fsp3) is 0.750. The molecule has 0 aliphatic heterocycles. The third-order valence-corrected chi connectivity index (χ3v) is 0.994. The van der Waals surface area contributed by atoms with Gasteiger partial charge >= 0.3 is 0 Å². The third kappa shape index (κ3) is 0.329. The van der Waals surface area contributed by atoms with Crippen molar-refractivity contribution in [1.82, 2.24) is 0 Å². The fourth-order valence-corrected chi connectivity index (χ4v) is 0.371. The van der Waals surface area contributed by atoms with Crippen molar-refractivity contribution in [2.24, 2.45) is 0 Å². The highest BCUT2D eigenvalue weighted by Crippen LogP contribution is 2.16. The van der Waals surface area contributed by atoms with Gasteiger partial charge in [-0.3, -0.25) is 4.79 Å². The number of hydrogen-bond acceptors (Lipinski definition) is 1. The average Bonchev–Trinajstić information content (AvgIpc) is 1.61. The maximum absolute atomic E-state index is 11.6. The number of carbonyl (C=O) groups excluding carboxylic acids is 1. The van der Waals surface area contributed by atoms with Crippen LogP contribution in [-0.2, 0) is 4.79 Å². The summed E-state index contributed by atoms with van der Waals surface area (Å²) >= 11 is 0. The van der Waals surface area contributed by atoms with E-state index in [4.69, 9.17) is 0 Å². The minimum atomic E-state index is -1.11. The van der Waals surface area contributed by atoms with Crippen LogP contribution in [0.15, 0.2) is 0 Å². The van der Waals surface area contributed by atoms with E-state index in [0.717, 1.165) is 0 Å². The molecule has 1 rings (SSSR count). The summed E-state index contributed by atoms with van der Waals surface area (Å²) < 4.78 is 11.6. The van der Waals surface area contributed by atoms with Crippen molar-refractivity contribution in [3.8, 4) is 0 Å². The zero-order valence-corrected chi connectivity index (χ0v) is 3.28. The predicted octanol–water partition coefficient (Wildman–Crippen LogP) is 0.687. The second-order valence-corrected chi connectivity index (χ2v) is 1.47. The highest BCUT2D eigenvalue weighted by Gasteiger charge is 2.26. The summed E-state index contributed by atoms with van der Waals surface area (Å²) in [5.41, 5.74) is 0. The van der Waals surface area contributed by atoms with Crippen molar-refractivity contribution in [3.05, 3.63) is 0 Å². The van der Waals surface area contributed by atoms with Gasteiger partial charge in [0.2, 0.25) is 0 Å². The summed E-state index contributed by atoms with van der Waals surface area (Å²) in [4.78, 5) is 9.86. The number of halogens is 1. The summed E-state index contributed by atoms with van der Waals surface area (Å²) in [7, 11) is 0. The summed E-state index contributed by atoms with van der Waals surface area (Å²) in [5.74, 6) is -0.227. The third-order valence-electron chi connectivity index (χ3n) is 0.994. The number of carbonyl (C=O) groups is 1. The van der Waals surface area contributed by atoms with Crippen molar-refractivity contribution in [1.29, 1.82) is 0 Å². The van der Waals surface area contributed by atoms with E-state index < -0.39 is 6.17 Å². The molecule has 0 aromatic carbocycles. The second-order valence-electron chi connectivity index (χ2n) is 1.47. The summed E-state index contributed by atoms with van der Waals surface area (Å²) in [5, 5.41) is 0. The Morgan fingerprint density at radius 3 is 2.33 bits per heavy atom. The Labute approximate surface area is 35.2 Å². The van der Waals surface area contributed by atoms with Gasteiger partial charge in [0.25, 0.3) is 0 Å². The zero-order chi connectivity index (χ0) is 4.57. The topological polar surface area (TPSA) is 17.1 Å². The lowest BCUT2D eigenvalue weighted by molar-refractivity contribution is -0.130. The van der Waals surface area contributed by atoms with E-state index in [1.807, 2.05) is 0 Å². The molecule has 1 aliphatic carbocycles. The smallest absolute Gasteiger partial charge is 0.167 e. The fourth-order valence-electron chi connectivity index (χ4n) is 0.371. The van der Waals surface area contributed by atoms with Crippen molar-refractivity contribution in [2.45, 2.75) is 19.0 Å². The first-order chi connectivity index (χ1) is 2.80. The minimum Gasteiger partial charge on any atom is -0.296 e. The molecule has 1 nitrogen and oxygen atoms in total. The van der Waals surface area contributed by atoms with E-state index in [0.29, 0.717) is 12.8 Å². The maximum Gasteiger partial charge on any atom is 0.167 e. The van der Waals surface area contributed by atoms with Gasteiger partial charge in [-0.1, -0.05) is 0 Å². The average molecular weight is 88.1 g/mol. The van der Waals surface area contributed by atoms with Crippen LogP contribution in [0.25, 0.3) is 0 Å². The van der Waals surface area contributed by atoms with E-state index in [1.54, 1.807) is 0 Å². The summed E-state index contributed by atoms with van der Waals surface area (Å²) in [6, 6.07) is 0. The normalized spacial score (nSPS) is 32.8. The summed E-state index contributed by atoms with van der Waals surface area (Å²) in [6.07, 6.45) is -0.190. The molecule has 0 aromatic rings. The SMILES string of the molecule is O=C1CCC1F. The molecule has 2 heteroatoms. The van der Waals surface area contributed by atoms with Gasteiger partial charge in [0.05, 0.1) is 0 Å². The van der Waals surface area contributed by atoms with E-state index in [9.17, 15) is 9.18 Å². The maximum atomic E-state index is 11.6. The zero-order valence-electron chi connectivity index (χ0n) is 3.28. The molecule has 0 spiro atoms. The molecule has 1 atom stereocenters. The van der Waals surface area contributed by atoms with E-state index in [2.05, 4.69) is 0 Å². The molecule has 0 radical (unpaired) electrons. The van der Waals surface area contributed by atoms with Crippen molar-refractivity contribution < 1.29 is 9.18 Å². The Hall–Kier alpha value is -0.400. The van der Waals surface area contributed by atoms with Crippen LogP contribution in [0.3, 0.4) is 0 Å². The Morgan fingerprint density at radius 1 is 1.83 bits per heavy atom. The van der Waals surface area contributed by atoms with Crippen LogP contribution in [0.1, 0.15) is 12.8 Å². The number of hydrogen-bond donors (Lipinski definition) is 0. The molecular weight excluding hydrogens is 83.0 g/mol. The number of alkyl halides is 1. The number of rotatable bonds is 0. The van der Waals surface area contributed by atoms with Crippen molar-refractivity contribution >= 4 is 5.78 Å². The molecule has 0 heterocycles. The van der Waals surface area contributed by atoms with Crippen LogP contribution in [0.2, 0.25) is 0 Å². The van der Waals surface area contributed by atoms with Crippen LogP contribution < -0.4 is 0 Å². The molecule has 1 aliphatic rings. The first kappa shape index (κ1) is 3.78. The first-order valence-corrected chi connectivity index (χ1v) is 1.97. The summed E-state index contributed by atoms with van der Waals surface area (Å²) in [6.45, 7) is 0. The Kier molecular flexibility index (Phi) is 0.650. The molecule has 0 amide bonds. The van der Waals surface area contributed by atoms with E-state index in [1.165, 1.54) is 0 Å².